The van der Waals surface area contributed by atoms with Crippen LogP contribution < -0.4 is 32.8 Å². The highest BCUT2D eigenvalue weighted by Gasteiger charge is 2.52. The molecule has 360 valence electrons. The van der Waals surface area contributed by atoms with Crippen LogP contribution in [0, 0.1) is 63.2 Å². The molecule has 4 aliphatic rings. The molecule has 15 nitrogen and oxygen atoms in total. The average Bonchev–Trinajstić information content (AvgIpc) is 4.08. The van der Waals surface area contributed by atoms with Crippen molar-refractivity contribution < 1.29 is 41.6 Å². The Balaban J connectivity index is 0.000000155. The number of benzene rings is 6. The van der Waals surface area contributed by atoms with E-state index >= 15 is 0 Å². The van der Waals surface area contributed by atoms with Gasteiger partial charge in [-0.05, 0) is 80.8 Å². The molecule has 0 saturated carbocycles. The van der Waals surface area contributed by atoms with E-state index in [4.69, 9.17) is 64.0 Å². The molecule has 0 atom stereocenters. The molecular weight excluding hydrogens is 929 g/mol. The van der Waals surface area contributed by atoms with Gasteiger partial charge in [0.2, 0.25) is 0 Å². The smallest absolute Gasteiger partial charge is 0.445 e. The number of hydrogen-bond donors (Lipinski definition) is 0. The van der Waals surface area contributed by atoms with Crippen molar-refractivity contribution in [3.05, 3.63) is 185 Å². The first-order valence-electron chi connectivity index (χ1n) is 23.7. The van der Waals surface area contributed by atoms with Crippen LogP contribution >= 0.6 is 0 Å². The van der Waals surface area contributed by atoms with E-state index in [9.17, 15) is 10.5 Å². The predicted octanol–water partition coefficient (Wildman–Crippen LogP) is 4.38. The number of nitriles is 5. The first kappa shape index (κ1) is 54.1. The summed E-state index contributed by atoms with van der Waals surface area (Å²) in [7, 11) is -3.94. The van der Waals surface area contributed by atoms with Crippen LogP contribution in [-0.2, 0) is 41.6 Å². The number of hydrogen-bond acceptors (Lipinski definition) is 14. The van der Waals surface area contributed by atoms with Crippen LogP contribution in [0.3, 0.4) is 0 Å². The van der Waals surface area contributed by atoms with Gasteiger partial charge in [-0.15, -0.1) is 0 Å². The van der Waals surface area contributed by atoms with Crippen LogP contribution in [0.25, 0.3) is 4.85 Å². The molecular formula is C53H46B6N6O9. The van der Waals surface area contributed by atoms with E-state index in [-0.39, 0.29) is 25.4 Å². The van der Waals surface area contributed by atoms with E-state index in [2.05, 4.69) is 35.2 Å². The van der Waals surface area contributed by atoms with Crippen LogP contribution in [0.2, 0.25) is 0 Å². The maximum Gasteiger partial charge on any atom is 0.496 e. The third-order valence-electron chi connectivity index (χ3n) is 12.4. The van der Waals surface area contributed by atoms with Crippen LogP contribution in [-0.4, -0.2) is 80.3 Å². The molecule has 6 aromatic carbocycles. The van der Waals surface area contributed by atoms with Gasteiger partial charge in [-0.1, -0.05) is 115 Å². The van der Waals surface area contributed by atoms with Gasteiger partial charge >= 0.3 is 42.7 Å². The molecule has 0 unspecified atom stereocenters. The Hall–Kier alpha value is -7.71. The molecule has 74 heavy (non-hydrogen) atoms. The first-order valence-corrected chi connectivity index (χ1v) is 23.7. The van der Waals surface area contributed by atoms with Crippen LogP contribution in [0.15, 0.2) is 146 Å². The maximum atomic E-state index is 9.50. The Bertz CT molecular complexity index is 3000. The Morgan fingerprint density at radius 3 is 0.986 bits per heavy atom. The third kappa shape index (κ3) is 13.1. The molecule has 4 fully saturated rings. The summed E-state index contributed by atoms with van der Waals surface area (Å²) in [5.74, 6) is 0. The molecule has 4 heterocycles. The molecule has 10 rings (SSSR count). The molecule has 0 aromatic heterocycles. The van der Waals surface area contributed by atoms with E-state index in [1.54, 1.807) is 91.0 Å². The summed E-state index contributed by atoms with van der Waals surface area (Å²) < 4.78 is 51.5. The van der Waals surface area contributed by atoms with Gasteiger partial charge < -0.3 is 41.6 Å². The lowest BCUT2D eigenvalue weighted by Gasteiger charge is -2.32. The second-order valence-corrected chi connectivity index (χ2v) is 17.7. The molecule has 0 amide bonds. The Kier molecular flexibility index (Phi) is 18.8. The molecule has 0 aliphatic carbocycles. The second-order valence-electron chi connectivity index (χ2n) is 17.7. The van der Waals surface area contributed by atoms with Crippen molar-refractivity contribution in [2.75, 3.05) is 26.4 Å². The summed E-state index contributed by atoms with van der Waals surface area (Å²) in [5, 5.41) is 45.8. The minimum Gasteiger partial charge on any atom is -0.445 e. The Morgan fingerprint density at radius 1 is 0.378 bits per heavy atom. The summed E-state index contributed by atoms with van der Waals surface area (Å²) in [4.78, 5) is 3.55. The third-order valence-corrected chi connectivity index (χ3v) is 12.4. The highest BCUT2D eigenvalue weighted by Crippen LogP contribution is 2.36. The lowest BCUT2D eigenvalue weighted by molar-refractivity contribution is 0.00578. The monoisotopic (exact) mass is 976 g/mol. The van der Waals surface area contributed by atoms with E-state index in [0.29, 0.717) is 76.3 Å². The molecule has 4 saturated heterocycles. The molecule has 0 spiro atoms. The van der Waals surface area contributed by atoms with Crippen molar-refractivity contribution in [2.45, 2.75) is 45.3 Å². The number of nitrogens with zero attached hydrogens (tertiary/aromatic N) is 6. The minimum absolute atomic E-state index is 0.351. The highest BCUT2D eigenvalue weighted by molar-refractivity contribution is 6.88. The standard InChI is InChI=1S/C21H12B3N3O3.C13H16BNO2.C10H10BNO2.C9H8BNO2/c1-27-21-13-7-6-12-20(21)24-29-22(18-10-4-2-8-16(18)14-25)28-23(30-24)19-11-5-3-9-17(19)15-26;1-12(2)13(3,4)17-14(16-12)11-8-6-5-7-10(11)9-15;12-8-9-4-1-2-5-10(9)11-13-6-3-7-14-11;11-7-8-3-1-2-4-9(8)10-12-5-6-13-10/h2-13H;5-8H,1-4H3;1-2,4-5H,3,6-7H2;1-4H,5-6H2. The van der Waals surface area contributed by atoms with Crippen molar-refractivity contribution in [3.8, 4) is 30.3 Å². The molecule has 21 heteroatoms. The van der Waals surface area contributed by atoms with E-state index in [0.717, 1.165) is 22.8 Å². The summed E-state index contributed by atoms with van der Waals surface area (Å²) in [6.07, 6.45) is 0.922. The van der Waals surface area contributed by atoms with Gasteiger partial charge in [-0.3, -0.25) is 0 Å². The van der Waals surface area contributed by atoms with Gasteiger partial charge in [0.25, 0.3) is 0 Å². The molecule has 0 bridgehead atoms. The minimum atomic E-state index is -0.921. The summed E-state index contributed by atoms with van der Waals surface area (Å²) in [5.41, 5.74) is 6.41. The van der Waals surface area contributed by atoms with Gasteiger partial charge in [0.15, 0.2) is 5.69 Å². The zero-order valence-electron chi connectivity index (χ0n) is 41.2. The first-order chi connectivity index (χ1) is 35.9. The van der Waals surface area contributed by atoms with Crippen LogP contribution in [0.4, 0.5) is 5.69 Å². The number of para-hydroxylation sites is 1. The molecule has 0 radical (unpaired) electrons. The summed E-state index contributed by atoms with van der Waals surface area (Å²) in [6, 6.07) is 53.7. The molecule has 4 aliphatic heterocycles. The second kappa shape index (κ2) is 25.8. The van der Waals surface area contributed by atoms with E-state index in [1.807, 2.05) is 82.3 Å². The molecule has 0 N–H and O–H groups in total. The van der Waals surface area contributed by atoms with Gasteiger partial charge in [0.1, 0.15) is 0 Å². The zero-order valence-corrected chi connectivity index (χ0v) is 41.2. The largest absolute Gasteiger partial charge is 0.496 e. The lowest BCUT2D eigenvalue weighted by atomic mass is 9.60. The summed E-state index contributed by atoms with van der Waals surface area (Å²) in [6.45, 7) is 18.1. The van der Waals surface area contributed by atoms with Gasteiger partial charge in [0.05, 0.1) is 89.2 Å². The fourth-order valence-corrected chi connectivity index (χ4v) is 7.86. The predicted molar refractivity (Wildman–Crippen MR) is 283 cm³/mol. The van der Waals surface area contributed by atoms with Crippen molar-refractivity contribution >= 4 is 81.2 Å². The zero-order chi connectivity index (χ0) is 52.5. The van der Waals surface area contributed by atoms with Crippen molar-refractivity contribution in [2.24, 2.45) is 0 Å². The average molecular weight is 976 g/mol. The van der Waals surface area contributed by atoms with Gasteiger partial charge in [0, 0.05) is 29.6 Å². The van der Waals surface area contributed by atoms with Crippen molar-refractivity contribution in [1.82, 2.24) is 0 Å². The fraction of sp³-hybridized carbons (Fsp3) is 0.208. The van der Waals surface area contributed by atoms with E-state index in [1.165, 1.54) is 0 Å². The Labute approximate surface area is 434 Å². The highest BCUT2D eigenvalue weighted by atomic mass is 16.7. The van der Waals surface area contributed by atoms with Gasteiger partial charge in [-0.25, -0.2) is 4.85 Å². The maximum absolute atomic E-state index is 9.50. The van der Waals surface area contributed by atoms with Crippen LogP contribution in [0.1, 0.15) is 61.9 Å². The van der Waals surface area contributed by atoms with Crippen molar-refractivity contribution in [1.29, 1.82) is 26.3 Å². The Morgan fingerprint density at radius 2 is 0.649 bits per heavy atom. The lowest BCUT2D eigenvalue weighted by Crippen LogP contribution is -2.62. The SMILES string of the molecule is CC1(C)OB(c2ccccc2C#N)OC1(C)C.N#Cc1ccccc1B1OCCCO1.N#Cc1ccccc1B1OCCO1.[C-]#[N+]c1ccccc1B1OB(c2ccccc2C#N)OB(c2ccccc2C#N)O1. The van der Waals surface area contributed by atoms with Crippen LogP contribution in [0.5, 0.6) is 0 Å². The fourth-order valence-electron chi connectivity index (χ4n) is 7.86. The van der Waals surface area contributed by atoms with Crippen molar-refractivity contribution in [3.63, 3.8) is 0 Å². The normalized spacial score (nSPS) is 16.1. The molecule has 6 aromatic rings. The van der Waals surface area contributed by atoms with Gasteiger partial charge in [-0.2, -0.15) is 26.3 Å². The quantitative estimate of drug-likeness (QED) is 0.168. The number of rotatable bonds is 6. The summed E-state index contributed by atoms with van der Waals surface area (Å²) >= 11 is 0. The van der Waals surface area contributed by atoms with E-state index < -0.39 is 28.5 Å². The topological polar surface area (TPSA) is 206 Å².